The molecule has 1 aromatic carbocycles. The van der Waals surface area contributed by atoms with Crippen molar-refractivity contribution in [1.82, 2.24) is 0 Å². The third kappa shape index (κ3) is 5.34. The molecule has 0 unspecified atom stereocenters. The molecule has 0 aliphatic carbocycles. The van der Waals surface area contributed by atoms with Gasteiger partial charge in [-0.2, -0.15) is 0 Å². The second-order valence-corrected chi connectivity index (χ2v) is 35.1. The molecule has 0 atom stereocenters. The van der Waals surface area contributed by atoms with Crippen LogP contribution in [0.15, 0.2) is 27.8 Å². The van der Waals surface area contributed by atoms with Gasteiger partial charge in [0.05, 0.1) is 0 Å². The molecule has 0 amide bonds. The molecule has 0 aromatic heterocycles. The molecule has 74 valence electrons. The van der Waals surface area contributed by atoms with Gasteiger partial charge < -0.3 is 0 Å². The van der Waals surface area contributed by atoms with Crippen LogP contribution in [0, 0.1) is 6.92 Å². The van der Waals surface area contributed by atoms with Gasteiger partial charge in [0.15, 0.2) is 0 Å². The zero-order chi connectivity index (χ0) is 10.1. The van der Waals surface area contributed by atoms with Crippen molar-refractivity contribution in [1.29, 1.82) is 0 Å². The van der Waals surface area contributed by atoms with E-state index in [9.17, 15) is 0 Å². The summed E-state index contributed by atoms with van der Waals surface area (Å²) in [4.78, 5) is 0. The topological polar surface area (TPSA) is 12.4 Å². The molecule has 0 saturated heterocycles. The first-order valence-corrected chi connectivity index (χ1v) is 19.2. The van der Waals surface area contributed by atoms with Gasteiger partial charge in [-0.05, 0) is 0 Å². The standard InChI is InChI=1S/C7H7N.4ClH.W/c1-6-2-4-7(8)5-3-6;;;;;/h2-5H,1H3;4*1H;/q;;;;;+4/p-4. The van der Waals surface area contributed by atoms with Crippen LogP contribution in [0.3, 0.4) is 0 Å². The summed E-state index contributed by atoms with van der Waals surface area (Å²) in [6, 6.07) is 7.33. The van der Waals surface area contributed by atoms with Gasteiger partial charge in [0.1, 0.15) is 0 Å². The number of nitrogens with zero attached hydrogens (tertiary/aromatic N) is 1. The number of rotatable bonds is 1. The molecule has 0 radical (unpaired) electrons. The van der Waals surface area contributed by atoms with Gasteiger partial charge in [-0.3, -0.25) is 0 Å². The molecule has 1 nitrogen and oxygen atoms in total. The Kier molecular flexibility index (Phi) is 3.48. The molecular formula is C7H7Cl4NW. The summed E-state index contributed by atoms with van der Waals surface area (Å²) in [6.45, 7) is 1.97. The average molecular weight is 431 g/mol. The summed E-state index contributed by atoms with van der Waals surface area (Å²) in [5.74, 6) is 0. The molecule has 0 aliphatic heterocycles. The van der Waals surface area contributed by atoms with Gasteiger partial charge in [0.25, 0.3) is 0 Å². The predicted molar refractivity (Wildman–Crippen MR) is 56.7 cm³/mol. The van der Waals surface area contributed by atoms with Crippen LogP contribution in [-0.2, 0) is 10.5 Å². The average Bonchev–Trinajstić information content (AvgIpc) is 1.89. The van der Waals surface area contributed by atoms with Gasteiger partial charge in [0.2, 0.25) is 0 Å². The van der Waals surface area contributed by atoms with Crippen molar-refractivity contribution >= 4 is 43.4 Å². The molecule has 0 aliphatic rings. The third-order valence-corrected chi connectivity index (χ3v) is 5.29. The van der Waals surface area contributed by atoms with E-state index in [1.807, 2.05) is 19.1 Å². The summed E-state index contributed by atoms with van der Waals surface area (Å²) < 4.78 is 3.93. The first-order chi connectivity index (χ1) is 5.72. The Balaban J connectivity index is 3.14. The maximum atomic E-state index is 5.70. The summed E-state index contributed by atoms with van der Waals surface area (Å²) in [5, 5.41) is 0. The molecular weight excluding hydrogens is 424 g/mol. The first kappa shape index (κ1) is 11.9. The maximum absolute atomic E-state index is 5.70. The van der Waals surface area contributed by atoms with Crippen LogP contribution in [0.5, 0.6) is 0 Å². The predicted octanol–water partition coefficient (Wildman–Crippen LogP) is 5.11. The van der Waals surface area contributed by atoms with Crippen molar-refractivity contribution in [3.05, 3.63) is 29.8 Å². The fraction of sp³-hybridized carbons (Fsp3) is 0.143. The summed E-state index contributed by atoms with van der Waals surface area (Å²) >= 11 is 0. The molecule has 0 N–H and O–H groups in total. The molecule has 0 heterocycles. The molecule has 1 aromatic rings. The van der Waals surface area contributed by atoms with Gasteiger partial charge in [-0.1, -0.05) is 0 Å². The van der Waals surface area contributed by atoms with Crippen LogP contribution in [0.25, 0.3) is 0 Å². The Morgan fingerprint density at radius 3 is 1.85 bits per heavy atom. The fourth-order valence-electron chi connectivity index (χ4n) is 0.765. The Bertz CT molecular complexity index is 354. The summed E-state index contributed by atoms with van der Waals surface area (Å²) in [5.41, 5.74) is 1.74. The van der Waals surface area contributed by atoms with E-state index in [2.05, 4.69) is 3.50 Å². The zero-order valence-electron chi connectivity index (χ0n) is 6.68. The number of hydrogen-bond acceptors (Lipinski definition) is 1. The molecule has 1 rings (SSSR count). The van der Waals surface area contributed by atoms with Crippen LogP contribution < -0.4 is 0 Å². The summed E-state index contributed by atoms with van der Waals surface area (Å²) in [7, 11) is 18.1. The third-order valence-electron chi connectivity index (χ3n) is 1.28. The molecule has 0 saturated carbocycles. The molecule has 13 heavy (non-hydrogen) atoms. The van der Waals surface area contributed by atoms with Crippen molar-refractivity contribution in [2.24, 2.45) is 3.50 Å². The van der Waals surface area contributed by atoms with Crippen LogP contribution in [-0.4, -0.2) is 0 Å². The van der Waals surface area contributed by atoms with Crippen molar-refractivity contribution in [3.63, 3.8) is 0 Å². The molecule has 0 fully saturated rings. The van der Waals surface area contributed by atoms with Crippen molar-refractivity contribution in [3.8, 4) is 0 Å². The van der Waals surface area contributed by atoms with Gasteiger partial charge in [-0.15, -0.1) is 0 Å². The number of halogens is 4. The number of benzene rings is 1. The summed E-state index contributed by atoms with van der Waals surface area (Å²) in [6.07, 6.45) is 0. The molecule has 6 heteroatoms. The van der Waals surface area contributed by atoms with Gasteiger partial charge in [0, 0.05) is 0 Å². The monoisotopic (exact) mass is 429 g/mol. The van der Waals surface area contributed by atoms with E-state index in [1.165, 1.54) is 0 Å². The van der Waals surface area contributed by atoms with Crippen molar-refractivity contribution < 1.29 is 10.5 Å². The Hall–Kier alpha value is 0.868. The normalized spacial score (nSPS) is 14.7. The fourth-order valence-corrected chi connectivity index (χ4v) is 4.96. The Morgan fingerprint density at radius 2 is 1.46 bits per heavy atom. The van der Waals surface area contributed by atoms with E-state index in [4.69, 9.17) is 37.7 Å². The number of aryl methyl sites for hydroxylation is 1. The van der Waals surface area contributed by atoms with Gasteiger partial charge >= 0.3 is 94.1 Å². The van der Waals surface area contributed by atoms with E-state index >= 15 is 0 Å². The molecule has 0 spiro atoms. The van der Waals surface area contributed by atoms with Crippen LogP contribution in [0.2, 0.25) is 0 Å². The SMILES string of the molecule is Cc1ccc([N]=[W]([Cl])([Cl])([Cl])[Cl])cc1. The minimum absolute atomic E-state index is 0.616. The van der Waals surface area contributed by atoms with Crippen LogP contribution >= 0.6 is 37.7 Å². The Labute approximate surface area is 93.3 Å². The van der Waals surface area contributed by atoms with E-state index in [-0.39, 0.29) is 0 Å². The first-order valence-electron chi connectivity index (χ1n) is 3.34. The zero-order valence-corrected chi connectivity index (χ0v) is 12.6. The van der Waals surface area contributed by atoms with Crippen molar-refractivity contribution in [2.45, 2.75) is 6.92 Å². The second kappa shape index (κ2) is 3.79. The quantitative estimate of drug-likeness (QED) is 0.587. The molecule has 0 bridgehead atoms. The number of hydrogen-bond donors (Lipinski definition) is 0. The minimum atomic E-state index is -4.67. The van der Waals surface area contributed by atoms with Gasteiger partial charge in [-0.25, -0.2) is 0 Å². The van der Waals surface area contributed by atoms with Crippen LogP contribution in [0.1, 0.15) is 5.56 Å². The Morgan fingerprint density at radius 1 is 1.00 bits per heavy atom. The van der Waals surface area contributed by atoms with Crippen LogP contribution in [0.4, 0.5) is 5.69 Å². The van der Waals surface area contributed by atoms with E-state index in [0.717, 1.165) is 5.56 Å². The van der Waals surface area contributed by atoms with E-state index in [1.54, 1.807) is 12.1 Å². The second-order valence-electron chi connectivity index (χ2n) is 2.55. The van der Waals surface area contributed by atoms with Crippen molar-refractivity contribution in [2.75, 3.05) is 0 Å². The van der Waals surface area contributed by atoms with E-state index < -0.39 is 10.5 Å². The van der Waals surface area contributed by atoms with E-state index in [0.29, 0.717) is 5.69 Å².